The lowest BCUT2D eigenvalue weighted by Crippen LogP contribution is -2.09. The summed E-state index contributed by atoms with van der Waals surface area (Å²) >= 11 is 0. The van der Waals surface area contributed by atoms with Crippen molar-refractivity contribution in [1.82, 2.24) is 0 Å². The summed E-state index contributed by atoms with van der Waals surface area (Å²) in [5.74, 6) is 0. The highest BCUT2D eigenvalue weighted by molar-refractivity contribution is 7.92. The molecule has 0 aliphatic rings. The monoisotopic (exact) mass is 306 g/mol. The SMILES string of the molecule is Cc1c(N)cc(-c2cccc(NS(C)(=O)=O)c2)c(N)c1N. The Hall–Kier alpha value is -2.41. The summed E-state index contributed by atoms with van der Waals surface area (Å²) in [6, 6.07) is 8.62. The lowest BCUT2D eigenvalue weighted by Gasteiger charge is -2.14. The van der Waals surface area contributed by atoms with Crippen LogP contribution >= 0.6 is 0 Å². The first kappa shape index (κ1) is 15.0. The number of rotatable bonds is 3. The summed E-state index contributed by atoms with van der Waals surface area (Å²) < 4.78 is 25.0. The van der Waals surface area contributed by atoms with Crippen molar-refractivity contribution in [1.29, 1.82) is 0 Å². The van der Waals surface area contributed by atoms with E-state index in [1.807, 2.05) is 6.07 Å². The van der Waals surface area contributed by atoms with Crippen molar-refractivity contribution in [2.24, 2.45) is 0 Å². The van der Waals surface area contributed by atoms with E-state index in [1.165, 1.54) is 0 Å². The highest BCUT2D eigenvalue weighted by Crippen LogP contribution is 2.36. The van der Waals surface area contributed by atoms with Gasteiger partial charge in [0.25, 0.3) is 0 Å². The van der Waals surface area contributed by atoms with Gasteiger partial charge in [0.15, 0.2) is 0 Å². The first-order chi connectivity index (χ1) is 9.69. The van der Waals surface area contributed by atoms with Crippen molar-refractivity contribution >= 4 is 32.8 Å². The lowest BCUT2D eigenvalue weighted by molar-refractivity contribution is 0.607. The summed E-state index contributed by atoms with van der Waals surface area (Å²) in [6.45, 7) is 1.80. The highest BCUT2D eigenvalue weighted by atomic mass is 32.2. The second kappa shape index (κ2) is 5.17. The van der Waals surface area contributed by atoms with E-state index >= 15 is 0 Å². The van der Waals surface area contributed by atoms with E-state index in [4.69, 9.17) is 17.2 Å². The number of benzene rings is 2. The van der Waals surface area contributed by atoms with Crippen LogP contribution < -0.4 is 21.9 Å². The van der Waals surface area contributed by atoms with E-state index in [9.17, 15) is 8.42 Å². The molecule has 21 heavy (non-hydrogen) atoms. The Morgan fingerprint density at radius 2 is 1.71 bits per heavy atom. The van der Waals surface area contributed by atoms with E-state index in [0.29, 0.717) is 28.3 Å². The summed E-state index contributed by atoms with van der Waals surface area (Å²) in [5, 5.41) is 0. The number of hydrogen-bond acceptors (Lipinski definition) is 5. The summed E-state index contributed by atoms with van der Waals surface area (Å²) in [5.41, 5.74) is 21.9. The molecule has 112 valence electrons. The topological polar surface area (TPSA) is 124 Å². The van der Waals surface area contributed by atoms with Crippen LogP contribution in [0.3, 0.4) is 0 Å². The molecule has 0 heterocycles. The molecular weight excluding hydrogens is 288 g/mol. The predicted molar refractivity (Wildman–Crippen MR) is 88.3 cm³/mol. The molecule has 2 aromatic carbocycles. The second-order valence-electron chi connectivity index (χ2n) is 4.92. The number of nitrogens with one attached hydrogen (secondary N) is 1. The summed E-state index contributed by atoms with van der Waals surface area (Å²) in [6.07, 6.45) is 1.09. The van der Waals surface area contributed by atoms with Gasteiger partial charge in [-0.05, 0) is 36.2 Å². The molecule has 6 nitrogen and oxygen atoms in total. The van der Waals surface area contributed by atoms with Crippen LogP contribution in [0.4, 0.5) is 22.7 Å². The molecule has 0 unspecified atom stereocenters. The molecule has 0 bridgehead atoms. The molecule has 0 atom stereocenters. The third-order valence-corrected chi connectivity index (χ3v) is 3.80. The molecule has 2 aromatic rings. The maximum Gasteiger partial charge on any atom is 0.229 e. The van der Waals surface area contributed by atoms with Crippen molar-refractivity contribution in [2.75, 3.05) is 28.2 Å². The fourth-order valence-electron chi connectivity index (χ4n) is 2.05. The normalized spacial score (nSPS) is 11.3. The number of sulfonamides is 1. The van der Waals surface area contributed by atoms with Crippen molar-refractivity contribution < 1.29 is 8.42 Å². The van der Waals surface area contributed by atoms with Gasteiger partial charge in [-0.15, -0.1) is 0 Å². The average molecular weight is 306 g/mol. The molecular formula is C14H18N4O2S. The Balaban J connectivity index is 2.56. The molecule has 0 saturated heterocycles. The van der Waals surface area contributed by atoms with E-state index < -0.39 is 10.0 Å². The molecule has 0 saturated carbocycles. The Morgan fingerprint density at radius 1 is 1.05 bits per heavy atom. The third kappa shape index (κ3) is 3.19. The van der Waals surface area contributed by atoms with Crippen LogP contribution in [0.25, 0.3) is 11.1 Å². The first-order valence-corrected chi connectivity index (χ1v) is 8.10. The minimum absolute atomic E-state index is 0.429. The zero-order valence-corrected chi connectivity index (χ0v) is 12.7. The van der Waals surface area contributed by atoms with E-state index in [1.54, 1.807) is 31.2 Å². The van der Waals surface area contributed by atoms with Crippen molar-refractivity contribution in [2.45, 2.75) is 6.92 Å². The fourth-order valence-corrected chi connectivity index (χ4v) is 2.60. The van der Waals surface area contributed by atoms with E-state index in [0.717, 1.165) is 17.4 Å². The van der Waals surface area contributed by atoms with Crippen LogP contribution in [0.15, 0.2) is 30.3 Å². The molecule has 0 aliphatic heterocycles. The highest BCUT2D eigenvalue weighted by Gasteiger charge is 2.12. The lowest BCUT2D eigenvalue weighted by atomic mass is 9.98. The first-order valence-electron chi connectivity index (χ1n) is 6.21. The maximum atomic E-state index is 11.3. The molecule has 7 N–H and O–H groups in total. The van der Waals surface area contributed by atoms with Gasteiger partial charge in [0, 0.05) is 16.9 Å². The molecule has 0 spiro atoms. The van der Waals surface area contributed by atoms with Crippen molar-refractivity contribution in [3.63, 3.8) is 0 Å². The molecule has 0 amide bonds. The number of hydrogen-bond donors (Lipinski definition) is 4. The van der Waals surface area contributed by atoms with Crippen molar-refractivity contribution in [3.8, 4) is 11.1 Å². The maximum absolute atomic E-state index is 11.3. The predicted octanol–water partition coefficient (Wildman–Crippen LogP) is 1.78. The molecule has 2 rings (SSSR count). The molecule has 0 aliphatic carbocycles. The van der Waals surface area contributed by atoms with Crippen LogP contribution in [0.2, 0.25) is 0 Å². The Kier molecular flexibility index (Phi) is 3.69. The molecule has 0 aromatic heterocycles. The third-order valence-electron chi connectivity index (χ3n) is 3.19. The molecule has 0 fully saturated rings. The number of nitrogens with two attached hydrogens (primary N) is 3. The van der Waals surface area contributed by atoms with Gasteiger partial charge in [0.05, 0.1) is 17.6 Å². The quantitative estimate of drug-likeness (QED) is 0.643. The van der Waals surface area contributed by atoms with Gasteiger partial charge in [-0.2, -0.15) is 0 Å². The smallest absolute Gasteiger partial charge is 0.229 e. The zero-order valence-electron chi connectivity index (χ0n) is 11.8. The van der Waals surface area contributed by atoms with Gasteiger partial charge in [-0.1, -0.05) is 12.1 Å². The van der Waals surface area contributed by atoms with Crippen LogP contribution in [-0.4, -0.2) is 14.7 Å². The summed E-state index contributed by atoms with van der Waals surface area (Å²) in [4.78, 5) is 0. The van der Waals surface area contributed by atoms with Crippen LogP contribution in [0.5, 0.6) is 0 Å². The van der Waals surface area contributed by atoms with Gasteiger partial charge in [-0.3, -0.25) is 4.72 Å². The van der Waals surface area contributed by atoms with Crippen LogP contribution in [0, 0.1) is 6.92 Å². The van der Waals surface area contributed by atoms with Gasteiger partial charge in [0.2, 0.25) is 10.0 Å². The van der Waals surface area contributed by atoms with Gasteiger partial charge < -0.3 is 17.2 Å². The number of nitrogen functional groups attached to an aromatic ring is 3. The zero-order chi connectivity index (χ0) is 15.8. The standard InChI is InChI=1S/C14H18N4O2S/c1-8-12(15)7-11(14(17)13(8)16)9-4-3-5-10(6-9)18-21(2,19)20/h3-7,18H,15-17H2,1-2H3. The Labute approximate surface area is 124 Å². The fraction of sp³-hybridized carbons (Fsp3) is 0.143. The largest absolute Gasteiger partial charge is 0.398 e. The average Bonchev–Trinajstić information content (AvgIpc) is 2.39. The Bertz CT molecular complexity index is 801. The number of anilines is 4. The van der Waals surface area contributed by atoms with Crippen LogP contribution in [0.1, 0.15) is 5.56 Å². The minimum Gasteiger partial charge on any atom is -0.398 e. The minimum atomic E-state index is -3.34. The van der Waals surface area contributed by atoms with E-state index in [-0.39, 0.29) is 0 Å². The molecule has 7 heteroatoms. The summed E-state index contributed by atoms with van der Waals surface area (Å²) in [7, 11) is -3.34. The Morgan fingerprint density at radius 3 is 2.33 bits per heavy atom. The van der Waals surface area contributed by atoms with Gasteiger partial charge >= 0.3 is 0 Å². The van der Waals surface area contributed by atoms with Gasteiger partial charge in [-0.25, -0.2) is 8.42 Å². The van der Waals surface area contributed by atoms with Crippen LogP contribution in [-0.2, 0) is 10.0 Å². The van der Waals surface area contributed by atoms with Crippen molar-refractivity contribution in [3.05, 3.63) is 35.9 Å². The second-order valence-corrected chi connectivity index (χ2v) is 6.67. The van der Waals surface area contributed by atoms with Gasteiger partial charge in [0.1, 0.15) is 0 Å². The van der Waals surface area contributed by atoms with E-state index in [2.05, 4.69) is 4.72 Å². The molecule has 0 radical (unpaired) electrons.